The van der Waals surface area contributed by atoms with E-state index in [4.69, 9.17) is 0 Å². The van der Waals surface area contributed by atoms with Gasteiger partial charge in [0.2, 0.25) is 0 Å². The van der Waals surface area contributed by atoms with Crippen molar-refractivity contribution in [3.8, 4) is 0 Å². The van der Waals surface area contributed by atoms with Crippen LogP contribution in [0, 0.1) is 5.92 Å². The molecule has 1 amide bonds. The fourth-order valence-electron chi connectivity index (χ4n) is 5.15. The number of anilines is 1. The molecule has 6 nitrogen and oxygen atoms in total. The van der Waals surface area contributed by atoms with E-state index in [2.05, 4.69) is 20.9 Å². The Balaban J connectivity index is 1.55. The number of likely N-dealkylation sites (tertiary alicyclic amines) is 1. The first-order chi connectivity index (χ1) is 14.0. The number of amides is 1. The largest absolute Gasteiger partial charge is 0.383 e. The second-order valence-corrected chi connectivity index (χ2v) is 9.02. The van der Waals surface area contributed by atoms with Crippen molar-refractivity contribution in [2.24, 2.45) is 5.92 Å². The van der Waals surface area contributed by atoms with Gasteiger partial charge in [0, 0.05) is 30.6 Å². The summed E-state index contributed by atoms with van der Waals surface area (Å²) in [7, 11) is 0. The predicted octanol–water partition coefficient (Wildman–Crippen LogP) is 3.39. The van der Waals surface area contributed by atoms with Crippen LogP contribution >= 0.6 is 0 Å². The number of hydrogen-bond acceptors (Lipinski definition) is 5. The molecule has 1 aromatic heterocycles. The molecule has 2 atom stereocenters. The van der Waals surface area contributed by atoms with E-state index in [0.717, 1.165) is 61.9 Å². The standard InChI is InChI=1S/C23H32N4O2/c1-17(2)15-20(28)22(29)26-12-5-9-23(11-14-26)10-6-13-27(23)21-18-7-3-4-8-19(18)24-16-25-21/h3-4,7-8,16-17,20,28H,5-6,9-15H2,1-2H3. The summed E-state index contributed by atoms with van der Waals surface area (Å²) in [6.07, 6.45) is 6.51. The number of rotatable bonds is 4. The third-order valence-electron chi connectivity index (χ3n) is 6.58. The van der Waals surface area contributed by atoms with E-state index >= 15 is 0 Å². The average Bonchev–Trinajstić information content (AvgIpc) is 2.99. The van der Waals surface area contributed by atoms with E-state index in [1.807, 2.05) is 36.9 Å². The van der Waals surface area contributed by atoms with Crippen molar-refractivity contribution in [2.45, 2.75) is 64.0 Å². The summed E-state index contributed by atoms with van der Waals surface area (Å²) in [5.74, 6) is 1.23. The van der Waals surface area contributed by atoms with Gasteiger partial charge in [0.05, 0.1) is 5.52 Å². The monoisotopic (exact) mass is 396 g/mol. The topological polar surface area (TPSA) is 69.6 Å². The molecule has 156 valence electrons. The van der Waals surface area contributed by atoms with E-state index in [1.165, 1.54) is 0 Å². The molecule has 3 heterocycles. The first-order valence-corrected chi connectivity index (χ1v) is 10.9. The Labute approximate surface area is 172 Å². The maximum absolute atomic E-state index is 12.8. The van der Waals surface area contributed by atoms with Crippen molar-refractivity contribution in [3.63, 3.8) is 0 Å². The summed E-state index contributed by atoms with van der Waals surface area (Å²) in [4.78, 5) is 26.2. The number of aliphatic hydroxyl groups is 1. The number of fused-ring (bicyclic) bond motifs is 1. The maximum atomic E-state index is 12.8. The molecule has 2 fully saturated rings. The Morgan fingerprint density at radius 2 is 1.86 bits per heavy atom. The third-order valence-corrected chi connectivity index (χ3v) is 6.58. The Hall–Kier alpha value is -2.21. The number of aromatic nitrogens is 2. The molecule has 0 radical (unpaired) electrons. The minimum Gasteiger partial charge on any atom is -0.383 e. The van der Waals surface area contributed by atoms with Gasteiger partial charge >= 0.3 is 0 Å². The van der Waals surface area contributed by atoms with Crippen LogP contribution in [0.15, 0.2) is 30.6 Å². The highest BCUT2D eigenvalue weighted by atomic mass is 16.3. The van der Waals surface area contributed by atoms with Crippen molar-refractivity contribution in [2.75, 3.05) is 24.5 Å². The zero-order chi connectivity index (χ0) is 20.4. The first-order valence-electron chi connectivity index (χ1n) is 10.9. The van der Waals surface area contributed by atoms with Crippen LogP contribution < -0.4 is 4.90 Å². The van der Waals surface area contributed by atoms with Gasteiger partial charge in [-0.3, -0.25) is 4.79 Å². The van der Waals surface area contributed by atoms with Crippen LogP contribution in [-0.4, -0.2) is 57.2 Å². The van der Waals surface area contributed by atoms with E-state index in [-0.39, 0.29) is 11.4 Å². The van der Waals surface area contributed by atoms with Crippen LogP contribution in [0.4, 0.5) is 5.82 Å². The summed E-state index contributed by atoms with van der Waals surface area (Å²) < 4.78 is 0. The summed E-state index contributed by atoms with van der Waals surface area (Å²) in [5.41, 5.74) is 1.01. The molecular formula is C23H32N4O2. The summed E-state index contributed by atoms with van der Waals surface area (Å²) >= 11 is 0. The van der Waals surface area contributed by atoms with E-state index in [9.17, 15) is 9.90 Å². The highest BCUT2D eigenvalue weighted by molar-refractivity contribution is 5.89. The van der Waals surface area contributed by atoms with Gasteiger partial charge in [-0.05, 0) is 56.6 Å². The zero-order valence-electron chi connectivity index (χ0n) is 17.5. The third kappa shape index (κ3) is 3.95. The average molecular weight is 397 g/mol. The lowest BCUT2D eigenvalue weighted by Gasteiger charge is -2.39. The van der Waals surface area contributed by atoms with E-state index in [1.54, 1.807) is 6.33 Å². The molecule has 2 aromatic rings. The number of carbonyl (C=O) groups excluding carboxylic acids is 1. The molecule has 2 unspecified atom stereocenters. The smallest absolute Gasteiger partial charge is 0.251 e. The van der Waals surface area contributed by atoms with Crippen molar-refractivity contribution in [1.82, 2.24) is 14.9 Å². The molecule has 2 aliphatic rings. The number of para-hydroxylation sites is 1. The molecule has 1 aromatic carbocycles. The summed E-state index contributed by atoms with van der Waals surface area (Å²) in [6.45, 7) is 6.50. The predicted molar refractivity (Wildman–Crippen MR) is 115 cm³/mol. The molecule has 4 rings (SSSR count). The number of hydrogen-bond donors (Lipinski definition) is 1. The van der Waals surface area contributed by atoms with Gasteiger partial charge in [-0.1, -0.05) is 26.0 Å². The van der Waals surface area contributed by atoms with Gasteiger partial charge < -0.3 is 14.9 Å². The Bertz CT molecular complexity index is 866. The number of carbonyl (C=O) groups is 1. The molecule has 2 aliphatic heterocycles. The lowest BCUT2D eigenvalue weighted by atomic mass is 9.87. The Morgan fingerprint density at radius 3 is 2.66 bits per heavy atom. The van der Waals surface area contributed by atoms with Crippen molar-refractivity contribution in [3.05, 3.63) is 30.6 Å². The summed E-state index contributed by atoms with van der Waals surface area (Å²) in [5, 5.41) is 11.4. The highest BCUT2D eigenvalue weighted by Crippen LogP contribution is 2.42. The Kier molecular flexibility index (Phi) is 5.72. The van der Waals surface area contributed by atoms with Crippen molar-refractivity contribution in [1.29, 1.82) is 0 Å². The van der Waals surface area contributed by atoms with Gasteiger partial charge in [-0.15, -0.1) is 0 Å². The molecule has 1 spiro atoms. The molecule has 1 N–H and O–H groups in total. The van der Waals surface area contributed by atoms with E-state index < -0.39 is 6.10 Å². The van der Waals surface area contributed by atoms with Crippen LogP contribution in [0.2, 0.25) is 0 Å². The van der Waals surface area contributed by atoms with Gasteiger partial charge in [0.25, 0.3) is 5.91 Å². The van der Waals surface area contributed by atoms with Crippen molar-refractivity contribution >= 4 is 22.6 Å². The molecule has 29 heavy (non-hydrogen) atoms. The molecular weight excluding hydrogens is 364 g/mol. The molecule has 0 saturated carbocycles. The van der Waals surface area contributed by atoms with Crippen LogP contribution in [0.25, 0.3) is 10.9 Å². The fraction of sp³-hybridized carbons (Fsp3) is 0.609. The minimum absolute atomic E-state index is 0.0369. The zero-order valence-corrected chi connectivity index (χ0v) is 17.5. The molecule has 6 heteroatoms. The van der Waals surface area contributed by atoms with Crippen LogP contribution in [-0.2, 0) is 4.79 Å². The van der Waals surface area contributed by atoms with Crippen LogP contribution in [0.1, 0.15) is 52.4 Å². The van der Waals surface area contributed by atoms with Crippen LogP contribution in [0.5, 0.6) is 0 Å². The fourth-order valence-corrected chi connectivity index (χ4v) is 5.15. The van der Waals surface area contributed by atoms with Gasteiger partial charge in [-0.2, -0.15) is 0 Å². The number of nitrogens with zero attached hydrogens (tertiary/aromatic N) is 4. The minimum atomic E-state index is -0.880. The van der Waals surface area contributed by atoms with Gasteiger partial charge in [0.1, 0.15) is 18.2 Å². The lowest BCUT2D eigenvalue weighted by Crippen LogP contribution is -2.46. The van der Waals surface area contributed by atoms with Crippen LogP contribution in [0.3, 0.4) is 0 Å². The quantitative estimate of drug-likeness (QED) is 0.858. The number of aliphatic hydroxyl groups excluding tert-OH is 1. The highest BCUT2D eigenvalue weighted by Gasteiger charge is 2.43. The first kappa shape index (κ1) is 20.1. The van der Waals surface area contributed by atoms with Crippen molar-refractivity contribution < 1.29 is 9.90 Å². The normalized spacial score (nSPS) is 23.7. The second-order valence-electron chi connectivity index (χ2n) is 9.02. The molecule has 2 saturated heterocycles. The van der Waals surface area contributed by atoms with Gasteiger partial charge in [-0.25, -0.2) is 9.97 Å². The SMILES string of the molecule is CC(C)CC(O)C(=O)N1CCCC2(CCCN2c2ncnc3ccccc23)CC1. The maximum Gasteiger partial charge on any atom is 0.251 e. The van der Waals surface area contributed by atoms with Gasteiger partial charge in [0.15, 0.2) is 0 Å². The second kappa shape index (κ2) is 8.27. The summed E-state index contributed by atoms with van der Waals surface area (Å²) in [6, 6.07) is 8.19. The number of benzene rings is 1. The molecule has 0 aliphatic carbocycles. The molecule has 0 bridgehead atoms. The Morgan fingerprint density at radius 1 is 1.10 bits per heavy atom. The lowest BCUT2D eigenvalue weighted by molar-refractivity contribution is -0.140. The van der Waals surface area contributed by atoms with E-state index in [0.29, 0.717) is 18.9 Å².